The van der Waals surface area contributed by atoms with Gasteiger partial charge in [-0.1, -0.05) is 34.6 Å². The second-order valence-corrected chi connectivity index (χ2v) is 7.83. The van der Waals surface area contributed by atoms with E-state index >= 15 is 0 Å². The van der Waals surface area contributed by atoms with Crippen LogP contribution in [-0.2, 0) is 4.74 Å². The highest BCUT2D eigenvalue weighted by atomic mass is 16.5. The summed E-state index contributed by atoms with van der Waals surface area (Å²) in [6.45, 7) is 18.2. The summed E-state index contributed by atoms with van der Waals surface area (Å²) in [5.41, 5.74) is 5.43. The van der Waals surface area contributed by atoms with Gasteiger partial charge in [0.25, 0.3) is 0 Å². The van der Waals surface area contributed by atoms with E-state index in [0.717, 1.165) is 5.69 Å². The molecule has 124 valence electrons. The van der Waals surface area contributed by atoms with E-state index < -0.39 is 0 Å². The van der Waals surface area contributed by atoms with Crippen LogP contribution in [0.25, 0.3) is 0 Å². The molecule has 1 aromatic rings. The largest absolute Gasteiger partial charge is 0.371 e. The van der Waals surface area contributed by atoms with E-state index in [9.17, 15) is 0 Å². The highest BCUT2D eigenvalue weighted by Crippen LogP contribution is 2.44. The summed E-state index contributed by atoms with van der Waals surface area (Å²) in [6.07, 6.45) is 3.73. The molecule has 0 saturated carbocycles. The van der Waals surface area contributed by atoms with Gasteiger partial charge in [-0.25, -0.2) is 0 Å². The third kappa shape index (κ3) is 3.22. The number of aromatic nitrogens is 1. The highest BCUT2D eigenvalue weighted by molar-refractivity contribution is 5.42. The van der Waals surface area contributed by atoms with Crippen molar-refractivity contribution in [2.45, 2.75) is 85.9 Å². The molecule has 0 amide bonds. The second kappa shape index (κ2) is 6.70. The van der Waals surface area contributed by atoms with Crippen LogP contribution in [0.5, 0.6) is 0 Å². The van der Waals surface area contributed by atoms with Gasteiger partial charge >= 0.3 is 0 Å². The SMILES string of the molecule is Cc1ncc(C(C)C)c2c1[C@H](C)O[C@H](C)[C@H](C)CC2C(C)C. The Morgan fingerprint density at radius 3 is 2.27 bits per heavy atom. The molecule has 4 atom stereocenters. The van der Waals surface area contributed by atoms with Gasteiger partial charge in [0.05, 0.1) is 12.2 Å². The molecule has 22 heavy (non-hydrogen) atoms. The number of ether oxygens (including phenoxy) is 1. The van der Waals surface area contributed by atoms with E-state index in [-0.39, 0.29) is 6.10 Å². The number of hydrogen-bond acceptors (Lipinski definition) is 2. The summed E-state index contributed by atoms with van der Waals surface area (Å²) in [5, 5.41) is 0. The van der Waals surface area contributed by atoms with Crippen molar-refractivity contribution in [1.29, 1.82) is 0 Å². The summed E-state index contributed by atoms with van der Waals surface area (Å²) >= 11 is 0. The Balaban J connectivity index is 2.70. The maximum atomic E-state index is 6.33. The lowest BCUT2D eigenvalue weighted by atomic mass is 9.74. The Hall–Kier alpha value is -0.890. The van der Waals surface area contributed by atoms with Gasteiger partial charge in [0.1, 0.15) is 0 Å². The molecule has 1 aliphatic heterocycles. The first-order valence-corrected chi connectivity index (χ1v) is 8.88. The van der Waals surface area contributed by atoms with Gasteiger partial charge in [-0.05, 0) is 62.0 Å². The van der Waals surface area contributed by atoms with Gasteiger partial charge in [-0.15, -0.1) is 0 Å². The monoisotopic (exact) mass is 303 g/mol. The van der Waals surface area contributed by atoms with Crippen LogP contribution in [0.3, 0.4) is 0 Å². The zero-order valence-electron chi connectivity index (χ0n) is 15.6. The number of fused-ring (bicyclic) bond motifs is 1. The maximum absolute atomic E-state index is 6.33. The van der Waals surface area contributed by atoms with Gasteiger partial charge in [0, 0.05) is 17.5 Å². The summed E-state index contributed by atoms with van der Waals surface area (Å²) in [5.74, 6) is 2.31. The van der Waals surface area contributed by atoms with Crippen LogP contribution in [0.1, 0.15) is 95.2 Å². The van der Waals surface area contributed by atoms with Crippen molar-refractivity contribution in [1.82, 2.24) is 4.98 Å². The van der Waals surface area contributed by atoms with Crippen molar-refractivity contribution in [3.8, 4) is 0 Å². The molecule has 1 aliphatic rings. The molecule has 1 unspecified atom stereocenters. The zero-order chi connectivity index (χ0) is 16.6. The fourth-order valence-corrected chi connectivity index (χ4v) is 3.88. The predicted molar refractivity (Wildman–Crippen MR) is 93.4 cm³/mol. The molecule has 1 aromatic heterocycles. The van der Waals surface area contributed by atoms with Crippen molar-refractivity contribution in [2.24, 2.45) is 11.8 Å². The van der Waals surface area contributed by atoms with Crippen molar-refractivity contribution in [2.75, 3.05) is 0 Å². The molecule has 0 aromatic carbocycles. The average molecular weight is 303 g/mol. The maximum Gasteiger partial charge on any atom is 0.0820 e. The van der Waals surface area contributed by atoms with E-state index in [0.29, 0.717) is 29.8 Å². The summed E-state index contributed by atoms with van der Waals surface area (Å²) < 4.78 is 6.33. The van der Waals surface area contributed by atoms with E-state index in [2.05, 4.69) is 61.6 Å². The van der Waals surface area contributed by atoms with Gasteiger partial charge in [0.15, 0.2) is 0 Å². The first-order valence-electron chi connectivity index (χ1n) is 8.88. The molecular formula is C20H33NO. The Bertz CT molecular complexity index is 521. The van der Waals surface area contributed by atoms with Gasteiger partial charge in [-0.2, -0.15) is 0 Å². The van der Waals surface area contributed by atoms with Gasteiger partial charge < -0.3 is 4.74 Å². The third-order valence-electron chi connectivity index (χ3n) is 5.44. The number of aryl methyl sites for hydroxylation is 1. The number of hydrogen-bond donors (Lipinski definition) is 0. The van der Waals surface area contributed by atoms with Gasteiger partial charge in [-0.3, -0.25) is 4.98 Å². The van der Waals surface area contributed by atoms with Crippen molar-refractivity contribution in [3.05, 3.63) is 28.6 Å². The minimum Gasteiger partial charge on any atom is -0.371 e. The molecule has 2 heteroatoms. The van der Waals surface area contributed by atoms with Crippen molar-refractivity contribution in [3.63, 3.8) is 0 Å². The first-order chi connectivity index (χ1) is 10.2. The molecule has 0 bridgehead atoms. The van der Waals surface area contributed by atoms with Crippen molar-refractivity contribution >= 4 is 0 Å². The fraction of sp³-hybridized carbons (Fsp3) is 0.750. The van der Waals surface area contributed by atoms with E-state index in [4.69, 9.17) is 9.72 Å². The molecule has 2 heterocycles. The van der Waals surface area contributed by atoms with Crippen LogP contribution in [0.2, 0.25) is 0 Å². The molecule has 0 radical (unpaired) electrons. The average Bonchev–Trinajstić information content (AvgIpc) is 2.41. The van der Waals surface area contributed by atoms with Gasteiger partial charge in [0.2, 0.25) is 0 Å². The minimum atomic E-state index is 0.125. The van der Waals surface area contributed by atoms with Crippen LogP contribution in [0, 0.1) is 18.8 Å². The summed E-state index contributed by atoms with van der Waals surface area (Å²) in [4.78, 5) is 4.69. The molecule has 2 rings (SSSR count). The lowest BCUT2D eigenvalue weighted by molar-refractivity contribution is -0.0313. The quantitative estimate of drug-likeness (QED) is 0.693. The molecule has 0 aliphatic carbocycles. The normalized spacial score (nSPS) is 29.4. The molecule has 0 N–H and O–H groups in total. The molecule has 0 fully saturated rings. The highest BCUT2D eigenvalue weighted by Gasteiger charge is 2.33. The lowest BCUT2D eigenvalue weighted by Crippen LogP contribution is -2.29. The fourth-order valence-electron chi connectivity index (χ4n) is 3.88. The smallest absolute Gasteiger partial charge is 0.0820 e. The number of nitrogens with zero attached hydrogens (tertiary/aromatic N) is 1. The Morgan fingerprint density at radius 1 is 1.09 bits per heavy atom. The number of pyridine rings is 1. The molecule has 0 spiro atoms. The Labute approximate surface area is 136 Å². The second-order valence-electron chi connectivity index (χ2n) is 7.83. The lowest BCUT2D eigenvalue weighted by Gasteiger charge is -2.37. The topological polar surface area (TPSA) is 22.1 Å². The molecule has 2 nitrogen and oxygen atoms in total. The first kappa shape index (κ1) is 17.5. The van der Waals surface area contributed by atoms with Crippen LogP contribution in [-0.4, -0.2) is 11.1 Å². The Morgan fingerprint density at radius 2 is 1.73 bits per heavy atom. The zero-order valence-corrected chi connectivity index (χ0v) is 15.6. The van der Waals surface area contributed by atoms with Crippen LogP contribution >= 0.6 is 0 Å². The Kier molecular flexibility index (Phi) is 5.32. The van der Waals surface area contributed by atoms with Crippen molar-refractivity contribution < 1.29 is 4.74 Å². The van der Waals surface area contributed by atoms with Crippen LogP contribution in [0.4, 0.5) is 0 Å². The van der Waals surface area contributed by atoms with E-state index in [1.807, 2.05) is 0 Å². The minimum absolute atomic E-state index is 0.125. The number of rotatable bonds is 2. The molecular weight excluding hydrogens is 270 g/mol. The van der Waals surface area contributed by atoms with Crippen LogP contribution < -0.4 is 0 Å². The molecule has 0 saturated heterocycles. The standard InChI is InChI=1S/C20H33NO/c1-11(2)17-9-13(5)15(7)22-16(8)19-14(6)21-10-18(12(3)4)20(17)19/h10-13,15-17H,9H2,1-8H3/t13-,15-,16+,17?/m1/s1. The summed E-state index contributed by atoms with van der Waals surface area (Å²) in [6, 6.07) is 0. The van der Waals surface area contributed by atoms with E-state index in [1.54, 1.807) is 0 Å². The summed E-state index contributed by atoms with van der Waals surface area (Å²) in [7, 11) is 0. The van der Waals surface area contributed by atoms with Crippen LogP contribution in [0.15, 0.2) is 6.20 Å². The predicted octanol–water partition coefficient (Wildman–Crippen LogP) is 5.76. The third-order valence-corrected chi connectivity index (χ3v) is 5.44. The van der Waals surface area contributed by atoms with E-state index in [1.165, 1.54) is 23.1 Å².